The van der Waals surface area contributed by atoms with E-state index in [1.807, 2.05) is 11.3 Å². The molecule has 1 aliphatic heterocycles. The summed E-state index contributed by atoms with van der Waals surface area (Å²) in [6, 6.07) is 0.482. The third kappa shape index (κ3) is 2.46. The van der Waals surface area contributed by atoms with E-state index in [-0.39, 0.29) is 5.54 Å². The third-order valence-electron chi connectivity index (χ3n) is 3.94. The molecule has 1 aliphatic rings. The van der Waals surface area contributed by atoms with Gasteiger partial charge in [-0.3, -0.25) is 0 Å². The summed E-state index contributed by atoms with van der Waals surface area (Å²) in [7, 11) is 0. The van der Waals surface area contributed by atoms with Crippen LogP contribution in [0.1, 0.15) is 42.8 Å². The molecule has 1 fully saturated rings. The Hall–Kier alpha value is -0.450. The Bertz CT molecular complexity index is 394. The molecule has 2 unspecified atom stereocenters. The van der Waals surface area contributed by atoms with Crippen molar-refractivity contribution in [3.8, 4) is 0 Å². The molecule has 0 aromatic carbocycles. The van der Waals surface area contributed by atoms with E-state index in [1.165, 1.54) is 15.6 Å². The van der Waals surface area contributed by atoms with Crippen molar-refractivity contribution in [3.63, 3.8) is 0 Å². The van der Waals surface area contributed by atoms with E-state index in [9.17, 15) is 0 Å². The first-order chi connectivity index (χ1) is 8.45. The van der Waals surface area contributed by atoms with Crippen molar-refractivity contribution in [2.75, 3.05) is 13.1 Å². The van der Waals surface area contributed by atoms with Crippen LogP contribution in [0.25, 0.3) is 0 Å². The lowest BCUT2D eigenvalue weighted by atomic mass is 9.79. The number of aryl methyl sites for hydroxylation is 2. The van der Waals surface area contributed by atoms with Crippen molar-refractivity contribution < 1.29 is 0 Å². The molecule has 0 amide bonds. The molecule has 0 spiro atoms. The summed E-state index contributed by atoms with van der Waals surface area (Å²) in [6.45, 7) is 13.2. The molecular weight excluding hydrogens is 242 g/mol. The molecule has 2 atom stereocenters. The van der Waals surface area contributed by atoms with Crippen molar-refractivity contribution >= 4 is 11.3 Å². The number of nitrogens with one attached hydrogen (secondary N) is 2. The molecule has 0 saturated carbocycles. The van der Waals surface area contributed by atoms with Crippen LogP contribution in [0.4, 0.5) is 0 Å². The molecule has 1 aromatic heterocycles. The minimum absolute atomic E-state index is 0.0586. The molecule has 4 heteroatoms. The van der Waals surface area contributed by atoms with Crippen LogP contribution in [-0.4, -0.2) is 24.1 Å². The van der Waals surface area contributed by atoms with Gasteiger partial charge in [-0.1, -0.05) is 6.92 Å². The van der Waals surface area contributed by atoms with E-state index >= 15 is 0 Å². The van der Waals surface area contributed by atoms with Gasteiger partial charge >= 0.3 is 0 Å². The zero-order chi connectivity index (χ0) is 13.3. The van der Waals surface area contributed by atoms with Crippen molar-refractivity contribution in [2.45, 2.75) is 52.6 Å². The average molecular weight is 267 g/mol. The Morgan fingerprint density at radius 2 is 2.17 bits per heavy atom. The van der Waals surface area contributed by atoms with E-state index in [4.69, 9.17) is 4.98 Å². The predicted octanol–water partition coefficient (Wildman–Crippen LogP) is 2.58. The minimum atomic E-state index is 0.0586. The van der Waals surface area contributed by atoms with Crippen LogP contribution >= 0.6 is 11.3 Å². The van der Waals surface area contributed by atoms with Gasteiger partial charge in [0.15, 0.2) is 0 Å². The first-order valence-electron chi connectivity index (χ1n) is 6.88. The van der Waals surface area contributed by atoms with Gasteiger partial charge in [0, 0.05) is 10.9 Å². The second-order valence-corrected chi connectivity index (χ2v) is 6.99. The number of hydrogen-bond donors (Lipinski definition) is 2. The maximum Gasteiger partial charge on any atom is 0.114 e. The molecule has 18 heavy (non-hydrogen) atoms. The standard InChI is InChI=1S/C14H25N3S/c1-9(2)17-14(6-7-15-8-10(14)3)13-16-11(4)12(5)18-13/h9-10,15,17H,6-8H2,1-5H3. The van der Waals surface area contributed by atoms with E-state index in [0.29, 0.717) is 12.0 Å². The maximum absolute atomic E-state index is 4.84. The molecule has 3 nitrogen and oxygen atoms in total. The third-order valence-corrected chi connectivity index (χ3v) is 5.19. The fraction of sp³-hybridized carbons (Fsp3) is 0.786. The van der Waals surface area contributed by atoms with Crippen LogP contribution in [0.2, 0.25) is 0 Å². The highest BCUT2D eigenvalue weighted by molar-refractivity contribution is 7.11. The number of piperidine rings is 1. The lowest BCUT2D eigenvalue weighted by molar-refractivity contribution is 0.154. The minimum Gasteiger partial charge on any atom is -0.316 e. The summed E-state index contributed by atoms with van der Waals surface area (Å²) in [4.78, 5) is 6.19. The lowest BCUT2D eigenvalue weighted by Gasteiger charge is -2.43. The predicted molar refractivity (Wildman–Crippen MR) is 78.2 cm³/mol. The Balaban J connectivity index is 2.40. The van der Waals surface area contributed by atoms with Gasteiger partial charge in [-0.25, -0.2) is 4.98 Å². The lowest BCUT2D eigenvalue weighted by Crippen LogP contribution is -2.57. The molecule has 2 heterocycles. The van der Waals surface area contributed by atoms with Crippen LogP contribution in [-0.2, 0) is 5.54 Å². The van der Waals surface area contributed by atoms with E-state index in [0.717, 1.165) is 19.5 Å². The molecule has 1 aromatic rings. The van der Waals surface area contributed by atoms with Gasteiger partial charge in [0.25, 0.3) is 0 Å². The van der Waals surface area contributed by atoms with Gasteiger partial charge < -0.3 is 10.6 Å². The van der Waals surface area contributed by atoms with Gasteiger partial charge in [-0.2, -0.15) is 0 Å². The normalized spacial score (nSPS) is 28.9. The molecular formula is C14H25N3S. The number of rotatable bonds is 3. The number of nitrogens with zero attached hydrogens (tertiary/aromatic N) is 1. The summed E-state index contributed by atoms with van der Waals surface area (Å²) in [5.74, 6) is 0.568. The average Bonchev–Trinajstić information content (AvgIpc) is 2.62. The second-order valence-electron chi connectivity index (χ2n) is 5.79. The molecule has 2 rings (SSSR count). The highest BCUT2D eigenvalue weighted by Crippen LogP contribution is 2.38. The highest BCUT2D eigenvalue weighted by atomic mass is 32.1. The number of aromatic nitrogens is 1. The summed E-state index contributed by atoms with van der Waals surface area (Å²) in [5, 5.41) is 8.58. The Morgan fingerprint density at radius 1 is 1.44 bits per heavy atom. The largest absolute Gasteiger partial charge is 0.316 e. The van der Waals surface area contributed by atoms with Crippen LogP contribution in [0.15, 0.2) is 0 Å². The van der Waals surface area contributed by atoms with Crippen molar-refractivity contribution in [2.24, 2.45) is 5.92 Å². The Kier molecular flexibility index (Phi) is 4.09. The fourth-order valence-electron chi connectivity index (χ4n) is 2.80. The Morgan fingerprint density at radius 3 is 2.67 bits per heavy atom. The first-order valence-corrected chi connectivity index (χ1v) is 7.70. The van der Waals surface area contributed by atoms with Crippen LogP contribution in [0, 0.1) is 19.8 Å². The SMILES string of the molecule is Cc1nc(C2(NC(C)C)CCNCC2C)sc1C. The fourth-order valence-corrected chi connectivity index (χ4v) is 4.01. The van der Waals surface area contributed by atoms with E-state index in [2.05, 4.69) is 45.3 Å². The number of hydrogen-bond acceptors (Lipinski definition) is 4. The van der Waals surface area contributed by atoms with Crippen LogP contribution in [0.5, 0.6) is 0 Å². The zero-order valence-corrected chi connectivity index (χ0v) is 12.9. The van der Waals surface area contributed by atoms with Gasteiger partial charge in [0.2, 0.25) is 0 Å². The first kappa shape index (κ1) is 14.0. The summed E-state index contributed by atoms with van der Waals surface area (Å²) in [6.07, 6.45) is 1.12. The number of thiazole rings is 1. The smallest absolute Gasteiger partial charge is 0.114 e. The van der Waals surface area contributed by atoms with Gasteiger partial charge in [0.1, 0.15) is 5.01 Å². The highest BCUT2D eigenvalue weighted by Gasteiger charge is 2.42. The van der Waals surface area contributed by atoms with Crippen LogP contribution < -0.4 is 10.6 Å². The second kappa shape index (κ2) is 5.27. The summed E-state index contributed by atoms with van der Waals surface area (Å²) < 4.78 is 0. The van der Waals surface area contributed by atoms with Crippen molar-refractivity contribution in [1.29, 1.82) is 0 Å². The van der Waals surface area contributed by atoms with Gasteiger partial charge in [0.05, 0.1) is 11.2 Å². The quantitative estimate of drug-likeness (QED) is 0.884. The summed E-state index contributed by atoms with van der Waals surface area (Å²) in [5.41, 5.74) is 1.24. The Labute approximate surface area is 114 Å². The molecule has 0 aliphatic carbocycles. The monoisotopic (exact) mass is 267 g/mol. The molecule has 1 saturated heterocycles. The molecule has 0 bridgehead atoms. The van der Waals surface area contributed by atoms with Gasteiger partial charge in [-0.15, -0.1) is 11.3 Å². The van der Waals surface area contributed by atoms with Crippen molar-refractivity contribution in [1.82, 2.24) is 15.6 Å². The van der Waals surface area contributed by atoms with E-state index < -0.39 is 0 Å². The molecule has 2 N–H and O–H groups in total. The van der Waals surface area contributed by atoms with Crippen LogP contribution in [0.3, 0.4) is 0 Å². The van der Waals surface area contributed by atoms with Crippen molar-refractivity contribution in [3.05, 3.63) is 15.6 Å². The molecule has 0 radical (unpaired) electrons. The van der Waals surface area contributed by atoms with Gasteiger partial charge in [-0.05, 0) is 53.1 Å². The maximum atomic E-state index is 4.84. The topological polar surface area (TPSA) is 37.0 Å². The van der Waals surface area contributed by atoms with E-state index in [1.54, 1.807) is 0 Å². The molecule has 102 valence electrons. The summed E-state index contributed by atoms with van der Waals surface area (Å²) >= 11 is 1.86. The zero-order valence-electron chi connectivity index (χ0n) is 12.1.